The second kappa shape index (κ2) is 12.0. The lowest BCUT2D eigenvalue weighted by atomic mass is 10.0. The Morgan fingerprint density at radius 2 is 1.68 bits per heavy atom. The van der Waals surface area contributed by atoms with E-state index in [1.165, 1.54) is 11.1 Å². The van der Waals surface area contributed by atoms with E-state index in [2.05, 4.69) is 81.8 Å². The first-order valence-electron chi connectivity index (χ1n) is 9.60. The SMILES string of the molecule is CN=C(NCC(c1ccccc1)N1CCOCC1)N(C)Cc1ccccc1.I. The average molecular weight is 494 g/mol. The summed E-state index contributed by atoms with van der Waals surface area (Å²) in [6, 6.07) is 21.5. The maximum absolute atomic E-state index is 5.54. The van der Waals surface area contributed by atoms with Crippen LogP contribution >= 0.6 is 24.0 Å². The molecule has 1 saturated heterocycles. The molecule has 0 radical (unpaired) electrons. The number of benzene rings is 2. The van der Waals surface area contributed by atoms with Crippen LogP contribution in [0.4, 0.5) is 0 Å². The van der Waals surface area contributed by atoms with Crippen molar-refractivity contribution in [2.75, 3.05) is 46.9 Å². The number of ether oxygens (including phenoxy) is 1. The van der Waals surface area contributed by atoms with Crippen molar-refractivity contribution in [2.24, 2.45) is 4.99 Å². The minimum absolute atomic E-state index is 0. The second-order valence-electron chi connectivity index (χ2n) is 6.84. The molecule has 2 aromatic rings. The molecule has 0 aromatic heterocycles. The van der Waals surface area contributed by atoms with Crippen LogP contribution in [-0.2, 0) is 11.3 Å². The Balaban J connectivity index is 0.00000280. The van der Waals surface area contributed by atoms with Crippen molar-refractivity contribution in [3.05, 3.63) is 71.8 Å². The zero-order valence-corrected chi connectivity index (χ0v) is 19.1. The van der Waals surface area contributed by atoms with Crippen LogP contribution in [0, 0.1) is 0 Å². The Bertz CT molecular complexity index is 705. The number of morpholine rings is 1. The zero-order valence-electron chi connectivity index (χ0n) is 16.8. The summed E-state index contributed by atoms with van der Waals surface area (Å²) in [7, 11) is 3.92. The molecular formula is C22H31IN4O. The molecule has 152 valence electrons. The molecule has 1 unspecified atom stereocenters. The molecule has 1 fully saturated rings. The van der Waals surface area contributed by atoms with Gasteiger partial charge in [-0.05, 0) is 11.1 Å². The van der Waals surface area contributed by atoms with E-state index in [-0.39, 0.29) is 24.0 Å². The zero-order chi connectivity index (χ0) is 18.9. The fraction of sp³-hybridized carbons (Fsp3) is 0.409. The number of guanidine groups is 1. The van der Waals surface area contributed by atoms with E-state index in [9.17, 15) is 0 Å². The molecule has 1 aliphatic rings. The Labute approximate surface area is 185 Å². The molecule has 0 saturated carbocycles. The van der Waals surface area contributed by atoms with Crippen molar-refractivity contribution in [3.63, 3.8) is 0 Å². The van der Waals surface area contributed by atoms with Crippen molar-refractivity contribution >= 4 is 29.9 Å². The first-order chi connectivity index (χ1) is 13.3. The largest absolute Gasteiger partial charge is 0.379 e. The Morgan fingerprint density at radius 3 is 2.29 bits per heavy atom. The maximum atomic E-state index is 5.54. The van der Waals surface area contributed by atoms with Crippen molar-refractivity contribution in [2.45, 2.75) is 12.6 Å². The van der Waals surface area contributed by atoms with E-state index in [4.69, 9.17) is 4.74 Å². The summed E-state index contributed by atoms with van der Waals surface area (Å²) in [4.78, 5) is 9.14. The van der Waals surface area contributed by atoms with Gasteiger partial charge in [-0.15, -0.1) is 24.0 Å². The van der Waals surface area contributed by atoms with E-state index in [1.807, 2.05) is 13.1 Å². The predicted octanol–water partition coefficient (Wildman–Crippen LogP) is 3.39. The molecule has 6 heteroatoms. The maximum Gasteiger partial charge on any atom is 0.193 e. The standard InChI is InChI=1S/C22H30N4O.HI/c1-23-22(25(2)18-19-9-5-3-6-10-19)24-17-21(20-11-7-4-8-12-20)26-13-15-27-16-14-26;/h3-12,21H,13-18H2,1-2H3,(H,23,24);1H. The fourth-order valence-electron chi connectivity index (χ4n) is 3.53. The Kier molecular flexibility index (Phi) is 9.73. The lowest BCUT2D eigenvalue weighted by molar-refractivity contribution is 0.0169. The van der Waals surface area contributed by atoms with Gasteiger partial charge in [0.2, 0.25) is 0 Å². The van der Waals surface area contributed by atoms with E-state index in [0.717, 1.165) is 45.4 Å². The number of nitrogens with one attached hydrogen (secondary N) is 1. The quantitative estimate of drug-likeness (QED) is 0.380. The molecule has 1 N–H and O–H groups in total. The number of aliphatic imine (C=N–C) groups is 1. The Morgan fingerprint density at radius 1 is 1.07 bits per heavy atom. The van der Waals surface area contributed by atoms with Gasteiger partial charge < -0.3 is 15.0 Å². The summed E-state index contributed by atoms with van der Waals surface area (Å²) >= 11 is 0. The van der Waals surface area contributed by atoms with Gasteiger partial charge in [-0.2, -0.15) is 0 Å². The smallest absolute Gasteiger partial charge is 0.193 e. The molecular weight excluding hydrogens is 463 g/mol. The minimum atomic E-state index is 0. The van der Waals surface area contributed by atoms with Gasteiger partial charge >= 0.3 is 0 Å². The molecule has 1 atom stereocenters. The number of nitrogens with zero attached hydrogens (tertiary/aromatic N) is 3. The first-order valence-corrected chi connectivity index (χ1v) is 9.60. The summed E-state index contributed by atoms with van der Waals surface area (Å²) < 4.78 is 5.54. The van der Waals surface area contributed by atoms with E-state index in [1.54, 1.807) is 0 Å². The second-order valence-corrected chi connectivity index (χ2v) is 6.84. The van der Waals surface area contributed by atoms with Gasteiger partial charge in [-0.1, -0.05) is 60.7 Å². The summed E-state index contributed by atoms with van der Waals surface area (Å²) in [5.41, 5.74) is 2.60. The number of hydrogen-bond acceptors (Lipinski definition) is 3. The van der Waals surface area contributed by atoms with Gasteiger partial charge in [0, 0.05) is 40.3 Å². The normalized spacial score (nSPS) is 16.1. The topological polar surface area (TPSA) is 40.1 Å². The van der Waals surface area contributed by atoms with Gasteiger partial charge in [0.15, 0.2) is 5.96 Å². The molecule has 0 spiro atoms. The summed E-state index contributed by atoms with van der Waals surface area (Å²) in [6.07, 6.45) is 0. The van der Waals surface area contributed by atoms with Crippen LogP contribution in [0.5, 0.6) is 0 Å². The lowest BCUT2D eigenvalue weighted by Gasteiger charge is -2.35. The summed E-state index contributed by atoms with van der Waals surface area (Å²) in [5.74, 6) is 0.910. The van der Waals surface area contributed by atoms with Gasteiger partial charge in [-0.25, -0.2) is 0 Å². The third-order valence-corrected chi connectivity index (χ3v) is 4.96. The summed E-state index contributed by atoms with van der Waals surface area (Å²) in [6.45, 7) is 5.15. The fourth-order valence-corrected chi connectivity index (χ4v) is 3.53. The third-order valence-electron chi connectivity index (χ3n) is 4.96. The molecule has 0 aliphatic carbocycles. The van der Waals surface area contributed by atoms with Crippen LogP contribution in [-0.4, -0.2) is 62.7 Å². The van der Waals surface area contributed by atoms with Gasteiger partial charge in [-0.3, -0.25) is 9.89 Å². The summed E-state index contributed by atoms with van der Waals surface area (Å²) in [5, 5.41) is 3.58. The van der Waals surface area contributed by atoms with Crippen molar-refractivity contribution in [1.29, 1.82) is 0 Å². The molecule has 0 amide bonds. The molecule has 2 aromatic carbocycles. The number of rotatable bonds is 6. The van der Waals surface area contributed by atoms with E-state index in [0.29, 0.717) is 6.04 Å². The molecule has 5 nitrogen and oxygen atoms in total. The molecule has 0 bridgehead atoms. The molecule has 1 aliphatic heterocycles. The van der Waals surface area contributed by atoms with Crippen LogP contribution in [0.3, 0.4) is 0 Å². The highest BCUT2D eigenvalue weighted by atomic mass is 127. The van der Waals surface area contributed by atoms with Gasteiger partial charge in [0.1, 0.15) is 0 Å². The average Bonchev–Trinajstić information content (AvgIpc) is 2.73. The monoisotopic (exact) mass is 494 g/mol. The highest BCUT2D eigenvalue weighted by Crippen LogP contribution is 2.21. The minimum Gasteiger partial charge on any atom is -0.379 e. The van der Waals surface area contributed by atoms with Crippen LogP contribution in [0.15, 0.2) is 65.7 Å². The van der Waals surface area contributed by atoms with Gasteiger partial charge in [0.25, 0.3) is 0 Å². The lowest BCUT2D eigenvalue weighted by Crippen LogP contribution is -2.46. The highest BCUT2D eigenvalue weighted by Gasteiger charge is 2.23. The molecule has 3 rings (SSSR count). The number of hydrogen-bond donors (Lipinski definition) is 1. The van der Waals surface area contributed by atoms with Crippen molar-refractivity contribution in [3.8, 4) is 0 Å². The highest BCUT2D eigenvalue weighted by molar-refractivity contribution is 14.0. The van der Waals surface area contributed by atoms with Crippen molar-refractivity contribution < 1.29 is 4.74 Å². The molecule has 1 heterocycles. The Hall–Kier alpha value is -1.64. The molecule has 28 heavy (non-hydrogen) atoms. The third kappa shape index (κ3) is 6.46. The van der Waals surface area contributed by atoms with E-state index >= 15 is 0 Å². The van der Waals surface area contributed by atoms with Crippen LogP contribution in [0.2, 0.25) is 0 Å². The van der Waals surface area contributed by atoms with Crippen LogP contribution in [0.1, 0.15) is 17.2 Å². The van der Waals surface area contributed by atoms with E-state index < -0.39 is 0 Å². The first kappa shape index (κ1) is 22.6. The van der Waals surface area contributed by atoms with Crippen molar-refractivity contribution in [1.82, 2.24) is 15.1 Å². The number of halogens is 1. The van der Waals surface area contributed by atoms with Crippen LogP contribution < -0.4 is 5.32 Å². The predicted molar refractivity (Wildman–Crippen MR) is 126 cm³/mol. The van der Waals surface area contributed by atoms with Gasteiger partial charge in [0.05, 0.1) is 19.3 Å². The van der Waals surface area contributed by atoms with Crippen LogP contribution in [0.25, 0.3) is 0 Å².